The summed E-state index contributed by atoms with van der Waals surface area (Å²) < 4.78 is 26.2. The Hall–Kier alpha value is -1.61. The van der Waals surface area contributed by atoms with Crippen LogP contribution >= 0.6 is 0 Å². The van der Waals surface area contributed by atoms with Gasteiger partial charge < -0.3 is 10.6 Å². The summed E-state index contributed by atoms with van der Waals surface area (Å²) in [4.78, 5) is 13.3. The number of aromatic amines is 1. The van der Waals surface area contributed by atoms with Crippen LogP contribution in [0.3, 0.4) is 0 Å². The largest absolute Gasteiger partial charge is 0.383 e. The number of piperazine rings is 1. The molecule has 8 nitrogen and oxygen atoms in total. The zero-order valence-corrected chi connectivity index (χ0v) is 11.1. The number of fused-ring (bicyclic) bond motifs is 1. The molecule has 3 rings (SSSR count). The van der Waals surface area contributed by atoms with Gasteiger partial charge in [-0.25, -0.2) is 8.42 Å². The van der Waals surface area contributed by atoms with Crippen LogP contribution in [0.4, 0.5) is 5.82 Å². The first kappa shape index (κ1) is 12.4. The zero-order valence-electron chi connectivity index (χ0n) is 10.2. The molecule has 1 amide bonds. The number of carbonyl (C=O) groups excluding carboxylic acids is 1. The van der Waals surface area contributed by atoms with Crippen LogP contribution in [0.2, 0.25) is 0 Å². The second kappa shape index (κ2) is 4.20. The van der Waals surface area contributed by atoms with Gasteiger partial charge in [-0.1, -0.05) is 0 Å². The molecule has 0 bridgehead atoms. The van der Waals surface area contributed by atoms with Crippen molar-refractivity contribution in [1.29, 1.82) is 0 Å². The first-order chi connectivity index (χ1) is 9.00. The van der Waals surface area contributed by atoms with Gasteiger partial charge in [0, 0.05) is 32.1 Å². The van der Waals surface area contributed by atoms with Gasteiger partial charge in [-0.05, 0) is 6.42 Å². The number of sulfonamides is 1. The fourth-order valence-electron chi connectivity index (χ4n) is 2.68. The molecule has 0 aliphatic carbocycles. The van der Waals surface area contributed by atoms with Crippen LogP contribution in [0.5, 0.6) is 0 Å². The topological polar surface area (TPSA) is 112 Å². The molecular weight excluding hydrogens is 270 g/mol. The Morgan fingerprint density at radius 3 is 2.89 bits per heavy atom. The van der Waals surface area contributed by atoms with E-state index in [0.717, 1.165) is 0 Å². The Morgan fingerprint density at radius 2 is 2.21 bits per heavy atom. The third kappa shape index (κ3) is 1.89. The molecule has 3 heterocycles. The Bertz CT molecular complexity index is 610. The maximum atomic E-state index is 12.4. The minimum atomic E-state index is -3.63. The van der Waals surface area contributed by atoms with Crippen LogP contribution in [0, 0.1) is 0 Å². The summed E-state index contributed by atoms with van der Waals surface area (Å²) in [5.74, 6) is 0.162. The Morgan fingerprint density at radius 1 is 1.42 bits per heavy atom. The number of amides is 1. The van der Waals surface area contributed by atoms with Gasteiger partial charge in [0.15, 0.2) is 0 Å². The smallest absolute Gasteiger partial charge is 0.248 e. The van der Waals surface area contributed by atoms with Gasteiger partial charge in [0.25, 0.3) is 0 Å². The number of rotatable bonds is 2. The fraction of sp³-hybridized carbons (Fsp3) is 0.600. The molecule has 1 unspecified atom stereocenters. The summed E-state index contributed by atoms with van der Waals surface area (Å²) in [6.07, 6.45) is 2.44. The van der Waals surface area contributed by atoms with E-state index in [0.29, 0.717) is 32.5 Å². The lowest BCUT2D eigenvalue weighted by Crippen LogP contribution is -2.53. The Labute approximate surface area is 110 Å². The number of nitrogens with one attached hydrogen (secondary N) is 1. The highest BCUT2D eigenvalue weighted by molar-refractivity contribution is 7.89. The van der Waals surface area contributed by atoms with Gasteiger partial charge in [-0.2, -0.15) is 9.40 Å². The van der Waals surface area contributed by atoms with E-state index in [-0.39, 0.29) is 22.7 Å². The summed E-state index contributed by atoms with van der Waals surface area (Å²) in [6, 6.07) is -0.0100. The Balaban J connectivity index is 1.85. The molecular formula is C10H15N5O3S. The number of anilines is 1. The Kier molecular flexibility index (Phi) is 2.75. The zero-order chi connectivity index (χ0) is 13.6. The summed E-state index contributed by atoms with van der Waals surface area (Å²) in [6.45, 7) is 1.08. The third-order valence-electron chi connectivity index (χ3n) is 3.71. The van der Waals surface area contributed by atoms with Crippen LogP contribution in [0.25, 0.3) is 0 Å². The predicted octanol–water partition coefficient (Wildman–Crippen LogP) is -1.01. The minimum Gasteiger partial charge on any atom is -0.383 e. The molecule has 0 aromatic carbocycles. The van der Waals surface area contributed by atoms with E-state index in [9.17, 15) is 13.2 Å². The van der Waals surface area contributed by atoms with Gasteiger partial charge in [-0.15, -0.1) is 0 Å². The van der Waals surface area contributed by atoms with E-state index < -0.39 is 10.0 Å². The van der Waals surface area contributed by atoms with E-state index in [1.807, 2.05) is 0 Å². The second-order valence-electron chi connectivity index (χ2n) is 4.79. The number of nitrogens with two attached hydrogens (primary N) is 1. The molecule has 2 aliphatic heterocycles. The molecule has 104 valence electrons. The summed E-state index contributed by atoms with van der Waals surface area (Å²) in [5.41, 5.74) is 5.57. The molecule has 0 saturated carbocycles. The fourth-order valence-corrected chi connectivity index (χ4v) is 4.16. The van der Waals surface area contributed by atoms with Crippen molar-refractivity contribution in [3.8, 4) is 0 Å². The van der Waals surface area contributed by atoms with Crippen LogP contribution in [0.1, 0.15) is 12.8 Å². The van der Waals surface area contributed by atoms with Crippen LogP contribution in [-0.2, 0) is 14.8 Å². The van der Waals surface area contributed by atoms with Crippen LogP contribution in [0.15, 0.2) is 11.1 Å². The van der Waals surface area contributed by atoms with Gasteiger partial charge in [0.1, 0.15) is 10.7 Å². The number of H-pyrrole nitrogens is 1. The molecule has 3 N–H and O–H groups in total. The molecule has 1 aromatic heterocycles. The highest BCUT2D eigenvalue weighted by atomic mass is 32.2. The molecule has 2 fully saturated rings. The van der Waals surface area contributed by atoms with Gasteiger partial charge in [0.2, 0.25) is 15.9 Å². The molecule has 1 aromatic rings. The number of carbonyl (C=O) groups is 1. The van der Waals surface area contributed by atoms with E-state index >= 15 is 0 Å². The lowest BCUT2D eigenvalue weighted by molar-refractivity contribution is -0.130. The van der Waals surface area contributed by atoms with Crippen molar-refractivity contribution in [3.63, 3.8) is 0 Å². The summed E-state index contributed by atoms with van der Waals surface area (Å²) in [5, 5.41) is 6.07. The second-order valence-corrected chi connectivity index (χ2v) is 6.70. The highest BCUT2D eigenvalue weighted by Gasteiger charge is 2.40. The van der Waals surface area contributed by atoms with Crippen molar-refractivity contribution in [2.45, 2.75) is 23.8 Å². The van der Waals surface area contributed by atoms with Crippen molar-refractivity contribution in [2.24, 2.45) is 0 Å². The van der Waals surface area contributed by atoms with E-state index in [1.165, 1.54) is 10.5 Å². The first-order valence-electron chi connectivity index (χ1n) is 6.08. The lowest BCUT2D eigenvalue weighted by atomic mass is 10.2. The monoisotopic (exact) mass is 285 g/mol. The lowest BCUT2D eigenvalue weighted by Gasteiger charge is -2.36. The van der Waals surface area contributed by atoms with Crippen LogP contribution < -0.4 is 5.73 Å². The number of hydrogen-bond acceptors (Lipinski definition) is 5. The molecule has 0 spiro atoms. The van der Waals surface area contributed by atoms with Crippen molar-refractivity contribution in [2.75, 3.05) is 25.4 Å². The molecule has 0 radical (unpaired) electrons. The van der Waals surface area contributed by atoms with E-state index in [1.54, 1.807) is 4.90 Å². The normalized spacial score (nSPS) is 24.7. The maximum absolute atomic E-state index is 12.4. The summed E-state index contributed by atoms with van der Waals surface area (Å²) in [7, 11) is -3.63. The third-order valence-corrected chi connectivity index (χ3v) is 5.60. The van der Waals surface area contributed by atoms with Gasteiger partial charge in [0.05, 0.1) is 6.20 Å². The van der Waals surface area contributed by atoms with E-state index in [2.05, 4.69) is 10.2 Å². The minimum absolute atomic E-state index is 0.00488. The van der Waals surface area contributed by atoms with Crippen molar-refractivity contribution in [1.82, 2.24) is 19.4 Å². The average molecular weight is 285 g/mol. The number of nitrogen functional groups attached to an aromatic ring is 1. The molecule has 2 aliphatic rings. The molecule has 9 heteroatoms. The standard InChI is InChI=1S/C10H15N5O3S/c11-10-8(5-12-13-10)19(17,18)14-3-4-15-7(6-14)1-2-9(15)16/h5,7H,1-4,6H2,(H3,11,12,13). The molecule has 19 heavy (non-hydrogen) atoms. The predicted molar refractivity (Wildman–Crippen MR) is 66.5 cm³/mol. The number of hydrogen-bond donors (Lipinski definition) is 2. The van der Waals surface area contributed by atoms with Gasteiger partial charge in [-0.3, -0.25) is 9.89 Å². The van der Waals surface area contributed by atoms with E-state index in [4.69, 9.17) is 5.73 Å². The van der Waals surface area contributed by atoms with Crippen molar-refractivity contribution >= 4 is 21.7 Å². The summed E-state index contributed by atoms with van der Waals surface area (Å²) >= 11 is 0. The quantitative estimate of drug-likeness (QED) is 0.723. The first-order valence-corrected chi connectivity index (χ1v) is 7.52. The van der Waals surface area contributed by atoms with Crippen molar-refractivity contribution < 1.29 is 13.2 Å². The molecule has 2 saturated heterocycles. The molecule has 1 atom stereocenters. The number of aromatic nitrogens is 2. The SMILES string of the molecule is Nc1[nH]ncc1S(=O)(=O)N1CCN2C(=O)CCC2C1. The van der Waals surface area contributed by atoms with Crippen LogP contribution in [-0.4, -0.2) is 59.4 Å². The number of nitrogens with zero attached hydrogens (tertiary/aromatic N) is 3. The van der Waals surface area contributed by atoms with Gasteiger partial charge >= 0.3 is 0 Å². The average Bonchev–Trinajstić information content (AvgIpc) is 2.96. The maximum Gasteiger partial charge on any atom is 0.248 e. The van der Waals surface area contributed by atoms with Crippen molar-refractivity contribution in [3.05, 3.63) is 6.20 Å². The highest BCUT2D eigenvalue weighted by Crippen LogP contribution is 2.27.